The minimum absolute atomic E-state index is 0.0139. The molecule has 6 nitrogen and oxygen atoms in total. The number of H-pyrrole nitrogens is 1. The van der Waals surface area contributed by atoms with Crippen molar-refractivity contribution in [3.8, 4) is 0 Å². The molecular weight excluding hydrogens is 364 g/mol. The summed E-state index contributed by atoms with van der Waals surface area (Å²) in [6, 6.07) is 8.18. The number of halogens is 2. The molecule has 0 bridgehead atoms. The largest absolute Gasteiger partial charge is 0.382 e. The van der Waals surface area contributed by atoms with Crippen molar-refractivity contribution in [2.75, 3.05) is 18.4 Å². The van der Waals surface area contributed by atoms with Gasteiger partial charge in [0, 0.05) is 41.8 Å². The number of rotatable bonds is 4. The molecule has 28 heavy (non-hydrogen) atoms. The van der Waals surface area contributed by atoms with Crippen molar-refractivity contribution >= 4 is 22.5 Å². The van der Waals surface area contributed by atoms with E-state index >= 15 is 0 Å². The van der Waals surface area contributed by atoms with Gasteiger partial charge in [0.15, 0.2) is 0 Å². The quantitative estimate of drug-likeness (QED) is 0.644. The molecule has 4 N–H and O–H groups in total. The van der Waals surface area contributed by atoms with E-state index in [0.29, 0.717) is 13.1 Å². The Hall–Kier alpha value is -3.00. The summed E-state index contributed by atoms with van der Waals surface area (Å²) >= 11 is 0. The van der Waals surface area contributed by atoms with Gasteiger partial charge in [0.2, 0.25) is 5.91 Å². The van der Waals surface area contributed by atoms with Crippen molar-refractivity contribution < 1.29 is 13.6 Å². The second-order valence-electron chi connectivity index (χ2n) is 7.06. The summed E-state index contributed by atoms with van der Waals surface area (Å²) in [6.07, 6.45) is 3.29. The molecule has 1 atom stereocenters. The number of hydrogen-bond donors (Lipinski definition) is 3. The smallest absolute Gasteiger partial charge is 0.244 e. The standard InChI is InChI=1S/C20H21F2N5O/c21-13-1-3-16(17(22)10-13)19(23)20(28)27-7-5-14(6-8-27)25-15-2-4-18-12(9-15)11-24-26-18/h1-4,9-11,14,19,25H,5-8,23H2,(H,24,26). The molecule has 0 spiro atoms. The van der Waals surface area contributed by atoms with E-state index in [2.05, 4.69) is 15.5 Å². The number of amides is 1. The summed E-state index contributed by atoms with van der Waals surface area (Å²) in [5, 5.41) is 11.5. The molecule has 0 radical (unpaired) electrons. The van der Waals surface area contributed by atoms with E-state index < -0.39 is 17.7 Å². The molecule has 0 saturated carbocycles. The predicted octanol–water partition coefficient (Wildman–Crippen LogP) is 2.94. The number of nitrogens with one attached hydrogen (secondary N) is 2. The lowest BCUT2D eigenvalue weighted by molar-refractivity contribution is -0.133. The van der Waals surface area contributed by atoms with Crippen LogP contribution < -0.4 is 11.1 Å². The molecule has 1 saturated heterocycles. The van der Waals surface area contributed by atoms with Crippen LogP contribution in [0.2, 0.25) is 0 Å². The zero-order valence-corrected chi connectivity index (χ0v) is 15.2. The number of nitrogens with two attached hydrogens (primary N) is 1. The fraction of sp³-hybridized carbons (Fsp3) is 0.300. The Bertz CT molecular complexity index is 997. The SMILES string of the molecule is NC(C(=O)N1CCC(Nc2ccc3[nH]ncc3c2)CC1)c1ccc(F)cc1F. The molecule has 1 amide bonds. The Morgan fingerprint density at radius 3 is 2.75 bits per heavy atom. The van der Waals surface area contributed by atoms with Crippen molar-refractivity contribution in [2.45, 2.75) is 24.9 Å². The van der Waals surface area contributed by atoms with Crippen molar-refractivity contribution in [3.63, 3.8) is 0 Å². The zero-order valence-electron chi connectivity index (χ0n) is 15.2. The average molecular weight is 385 g/mol. The normalized spacial score (nSPS) is 16.3. The average Bonchev–Trinajstić information content (AvgIpc) is 3.15. The van der Waals surface area contributed by atoms with E-state index in [-0.39, 0.29) is 17.5 Å². The topological polar surface area (TPSA) is 87.0 Å². The van der Waals surface area contributed by atoms with E-state index in [9.17, 15) is 13.6 Å². The molecule has 1 aromatic heterocycles. The Kier molecular flexibility index (Phi) is 4.95. The summed E-state index contributed by atoms with van der Waals surface area (Å²) in [7, 11) is 0. The summed E-state index contributed by atoms with van der Waals surface area (Å²) in [5.74, 6) is -1.84. The van der Waals surface area contributed by atoms with Crippen LogP contribution in [-0.2, 0) is 4.79 Å². The number of anilines is 1. The summed E-state index contributed by atoms with van der Waals surface area (Å²) in [5.41, 5.74) is 7.94. The van der Waals surface area contributed by atoms with Crippen LogP contribution in [-0.4, -0.2) is 40.1 Å². The van der Waals surface area contributed by atoms with Crippen LogP contribution >= 0.6 is 0 Å². The highest BCUT2D eigenvalue weighted by Gasteiger charge is 2.28. The number of aromatic nitrogens is 2. The van der Waals surface area contributed by atoms with E-state index in [1.54, 1.807) is 11.1 Å². The maximum atomic E-state index is 13.9. The molecule has 8 heteroatoms. The summed E-state index contributed by atoms with van der Waals surface area (Å²) < 4.78 is 27.0. The van der Waals surface area contributed by atoms with Crippen molar-refractivity contribution in [2.24, 2.45) is 5.73 Å². The van der Waals surface area contributed by atoms with Crippen LogP contribution in [0, 0.1) is 11.6 Å². The van der Waals surface area contributed by atoms with Gasteiger partial charge >= 0.3 is 0 Å². The highest BCUT2D eigenvalue weighted by atomic mass is 19.1. The Balaban J connectivity index is 1.35. The minimum Gasteiger partial charge on any atom is -0.382 e. The predicted molar refractivity (Wildman–Crippen MR) is 103 cm³/mol. The van der Waals surface area contributed by atoms with Gasteiger partial charge in [-0.15, -0.1) is 0 Å². The van der Waals surface area contributed by atoms with Crippen molar-refractivity contribution in [1.82, 2.24) is 15.1 Å². The number of nitrogens with zero attached hydrogens (tertiary/aromatic N) is 2. The Morgan fingerprint density at radius 2 is 2.00 bits per heavy atom. The number of carbonyl (C=O) groups is 1. The number of fused-ring (bicyclic) bond motifs is 1. The molecule has 1 aliphatic rings. The lowest BCUT2D eigenvalue weighted by Gasteiger charge is -2.34. The first kappa shape index (κ1) is 18.4. The third-order valence-electron chi connectivity index (χ3n) is 5.18. The number of carbonyl (C=O) groups excluding carboxylic acids is 1. The van der Waals surface area contributed by atoms with Crippen LogP contribution in [0.15, 0.2) is 42.6 Å². The van der Waals surface area contributed by atoms with Gasteiger partial charge < -0.3 is 16.0 Å². The molecular formula is C20H21F2N5O. The van der Waals surface area contributed by atoms with E-state index in [4.69, 9.17) is 5.73 Å². The molecule has 3 aromatic rings. The van der Waals surface area contributed by atoms with Gasteiger partial charge in [0.1, 0.15) is 17.7 Å². The second-order valence-corrected chi connectivity index (χ2v) is 7.06. The highest BCUT2D eigenvalue weighted by Crippen LogP contribution is 2.23. The first-order valence-electron chi connectivity index (χ1n) is 9.20. The van der Waals surface area contributed by atoms with Crippen molar-refractivity contribution in [3.05, 3.63) is 59.8 Å². The number of benzene rings is 2. The van der Waals surface area contributed by atoms with E-state index in [0.717, 1.165) is 41.6 Å². The van der Waals surface area contributed by atoms with Gasteiger partial charge in [0.05, 0.1) is 11.7 Å². The number of hydrogen-bond acceptors (Lipinski definition) is 4. The number of likely N-dealkylation sites (tertiary alicyclic amines) is 1. The molecule has 1 aliphatic heterocycles. The summed E-state index contributed by atoms with van der Waals surface area (Å²) in [4.78, 5) is 14.3. The van der Waals surface area contributed by atoms with Crippen LogP contribution in [0.4, 0.5) is 14.5 Å². The number of piperidine rings is 1. The van der Waals surface area contributed by atoms with Crippen LogP contribution in [0.1, 0.15) is 24.4 Å². The molecule has 4 rings (SSSR count). The molecule has 1 fully saturated rings. The van der Waals surface area contributed by atoms with Gasteiger partial charge in [-0.05, 0) is 37.1 Å². The van der Waals surface area contributed by atoms with Crippen LogP contribution in [0.5, 0.6) is 0 Å². The molecule has 0 aliphatic carbocycles. The molecule has 1 unspecified atom stereocenters. The fourth-order valence-electron chi connectivity index (χ4n) is 3.60. The second kappa shape index (κ2) is 7.55. The molecule has 2 aromatic carbocycles. The fourth-order valence-corrected chi connectivity index (χ4v) is 3.60. The maximum Gasteiger partial charge on any atom is 0.244 e. The lowest BCUT2D eigenvalue weighted by Crippen LogP contribution is -2.46. The van der Waals surface area contributed by atoms with Crippen LogP contribution in [0.3, 0.4) is 0 Å². The number of aromatic amines is 1. The van der Waals surface area contributed by atoms with Gasteiger partial charge in [-0.2, -0.15) is 5.10 Å². The monoisotopic (exact) mass is 385 g/mol. The zero-order chi connectivity index (χ0) is 19.7. The van der Waals surface area contributed by atoms with E-state index in [1.165, 1.54) is 6.07 Å². The Morgan fingerprint density at radius 1 is 1.21 bits per heavy atom. The van der Waals surface area contributed by atoms with Crippen molar-refractivity contribution in [1.29, 1.82) is 0 Å². The first-order valence-corrected chi connectivity index (χ1v) is 9.20. The van der Waals surface area contributed by atoms with Gasteiger partial charge in [-0.1, -0.05) is 6.07 Å². The molecule has 146 valence electrons. The first-order chi connectivity index (χ1) is 13.5. The lowest BCUT2D eigenvalue weighted by atomic mass is 10.0. The van der Waals surface area contributed by atoms with E-state index in [1.807, 2.05) is 18.2 Å². The summed E-state index contributed by atoms with van der Waals surface area (Å²) in [6.45, 7) is 1.06. The minimum atomic E-state index is -1.13. The third-order valence-corrected chi connectivity index (χ3v) is 5.18. The molecule has 2 heterocycles. The Labute approximate surface area is 160 Å². The maximum absolute atomic E-state index is 13.9. The van der Waals surface area contributed by atoms with Gasteiger partial charge in [0.25, 0.3) is 0 Å². The van der Waals surface area contributed by atoms with Crippen LogP contribution in [0.25, 0.3) is 10.9 Å². The third kappa shape index (κ3) is 3.68. The van der Waals surface area contributed by atoms with Gasteiger partial charge in [-0.3, -0.25) is 9.89 Å². The highest BCUT2D eigenvalue weighted by molar-refractivity contribution is 5.83. The van der Waals surface area contributed by atoms with Gasteiger partial charge in [-0.25, -0.2) is 8.78 Å².